The van der Waals surface area contributed by atoms with Crippen molar-refractivity contribution in [3.05, 3.63) is 29.3 Å². The maximum Gasteiger partial charge on any atom is 0.263 e. The highest BCUT2D eigenvalue weighted by atomic mass is 19.3. The second-order valence-corrected chi connectivity index (χ2v) is 2.70. The standard InChI is InChI=1S/C9H9F2NO/c1-5(13)7-4-6(9(10)11)2-3-8(7)12/h2-4,9H,12H2,1H3. The van der Waals surface area contributed by atoms with E-state index in [0.717, 1.165) is 6.07 Å². The van der Waals surface area contributed by atoms with Gasteiger partial charge in [-0.3, -0.25) is 4.79 Å². The molecule has 0 unspecified atom stereocenters. The van der Waals surface area contributed by atoms with Gasteiger partial charge in [0.25, 0.3) is 6.43 Å². The lowest BCUT2D eigenvalue weighted by molar-refractivity contribution is 0.101. The van der Waals surface area contributed by atoms with Gasteiger partial charge in [-0.25, -0.2) is 8.78 Å². The molecule has 1 rings (SSSR count). The van der Waals surface area contributed by atoms with E-state index in [1.165, 1.54) is 19.1 Å². The summed E-state index contributed by atoms with van der Waals surface area (Å²) < 4.78 is 24.4. The molecule has 0 fully saturated rings. The largest absolute Gasteiger partial charge is 0.398 e. The van der Waals surface area contributed by atoms with Gasteiger partial charge in [0.2, 0.25) is 0 Å². The SMILES string of the molecule is CC(=O)c1cc(C(F)F)ccc1N. The minimum Gasteiger partial charge on any atom is -0.398 e. The van der Waals surface area contributed by atoms with E-state index in [4.69, 9.17) is 5.73 Å². The maximum atomic E-state index is 12.2. The van der Waals surface area contributed by atoms with Crippen LogP contribution in [-0.4, -0.2) is 5.78 Å². The third-order valence-electron chi connectivity index (χ3n) is 1.71. The molecule has 0 saturated heterocycles. The number of ketones is 1. The van der Waals surface area contributed by atoms with Gasteiger partial charge in [-0.2, -0.15) is 0 Å². The van der Waals surface area contributed by atoms with E-state index in [-0.39, 0.29) is 22.6 Å². The summed E-state index contributed by atoms with van der Waals surface area (Å²) in [5, 5.41) is 0. The quantitative estimate of drug-likeness (QED) is 0.568. The van der Waals surface area contributed by atoms with Crippen LogP contribution in [0.25, 0.3) is 0 Å². The zero-order chi connectivity index (χ0) is 10.0. The van der Waals surface area contributed by atoms with E-state index in [9.17, 15) is 13.6 Å². The van der Waals surface area contributed by atoms with E-state index in [1.54, 1.807) is 0 Å². The smallest absolute Gasteiger partial charge is 0.263 e. The number of carbonyl (C=O) groups excluding carboxylic acids is 1. The number of alkyl halides is 2. The summed E-state index contributed by atoms with van der Waals surface area (Å²) in [5.74, 6) is -0.306. The third kappa shape index (κ3) is 2.02. The minimum atomic E-state index is -2.57. The van der Waals surface area contributed by atoms with Gasteiger partial charge < -0.3 is 5.73 Å². The molecule has 1 aromatic carbocycles. The number of hydrogen-bond donors (Lipinski definition) is 1. The van der Waals surface area contributed by atoms with Crippen LogP contribution in [0.5, 0.6) is 0 Å². The third-order valence-corrected chi connectivity index (χ3v) is 1.71. The molecule has 0 aliphatic heterocycles. The highest BCUT2D eigenvalue weighted by molar-refractivity contribution is 5.99. The fraction of sp³-hybridized carbons (Fsp3) is 0.222. The maximum absolute atomic E-state index is 12.2. The van der Waals surface area contributed by atoms with Crippen molar-refractivity contribution in [2.45, 2.75) is 13.3 Å². The first-order valence-corrected chi connectivity index (χ1v) is 3.71. The van der Waals surface area contributed by atoms with E-state index in [1.807, 2.05) is 0 Å². The summed E-state index contributed by atoms with van der Waals surface area (Å²) in [7, 11) is 0. The van der Waals surface area contributed by atoms with Crippen LogP contribution in [0.1, 0.15) is 29.3 Å². The van der Waals surface area contributed by atoms with Crippen molar-refractivity contribution in [3.63, 3.8) is 0 Å². The minimum absolute atomic E-state index is 0.151. The molecule has 2 N–H and O–H groups in total. The Morgan fingerprint density at radius 1 is 1.46 bits per heavy atom. The zero-order valence-electron chi connectivity index (χ0n) is 7.05. The molecule has 0 bridgehead atoms. The van der Waals surface area contributed by atoms with Crippen LogP contribution in [-0.2, 0) is 0 Å². The van der Waals surface area contributed by atoms with Crippen molar-refractivity contribution in [1.29, 1.82) is 0 Å². The Kier molecular flexibility index (Phi) is 2.60. The molecule has 70 valence electrons. The monoisotopic (exact) mass is 185 g/mol. The molecule has 13 heavy (non-hydrogen) atoms. The molecular formula is C9H9F2NO. The summed E-state index contributed by atoms with van der Waals surface area (Å²) in [6.45, 7) is 1.29. The predicted molar refractivity (Wildman–Crippen MR) is 45.8 cm³/mol. The highest BCUT2D eigenvalue weighted by Gasteiger charge is 2.11. The summed E-state index contributed by atoms with van der Waals surface area (Å²) in [4.78, 5) is 10.9. The van der Waals surface area contributed by atoms with Crippen LogP contribution in [0.3, 0.4) is 0 Å². The van der Waals surface area contributed by atoms with E-state index in [2.05, 4.69) is 0 Å². The van der Waals surface area contributed by atoms with Gasteiger partial charge in [0.05, 0.1) is 0 Å². The average molecular weight is 185 g/mol. The van der Waals surface area contributed by atoms with E-state index < -0.39 is 6.43 Å². The first-order chi connectivity index (χ1) is 6.02. The topological polar surface area (TPSA) is 43.1 Å². The fourth-order valence-electron chi connectivity index (χ4n) is 1.01. The molecule has 0 saturated carbocycles. The fourth-order valence-corrected chi connectivity index (χ4v) is 1.01. The first kappa shape index (κ1) is 9.64. The molecule has 2 nitrogen and oxygen atoms in total. The van der Waals surface area contributed by atoms with Gasteiger partial charge in [0, 0.05) is 16.8 Å². The van der Waals surface area contributed by atoms with Crippen molar-refractivity contribution in [1.82, 2.24) is 0 Å². The lowest BCUT2D eigenvalue weighted by Gasteiger charge is -2.04. The lowest BCUT2D eigenvalue weighted by Crippen LogP contribution is -2.00. The highest BCUT2D eigenvalue weighted by Crippen LogP contribution is 2.23. The van der Waals surface area contributed by atoms with Crippen LogP contribution < -0.4 is 5.73 Å². The van der Waals surface area contributed by atoms with Gasteiger partial charge >= 0.3 is 0 Å². The van der Waals surface area contributed by atoms with Crippen molar-refractivity contribution >= 4 is 11.5 Å². The van der Waals surface area contributed by atoms with Gasteiger partial charge in [0.1, 0.15) is 0 Å². The molecule has 0 aliphatic carbocycles. The van der Waals surface area contributed by atoms with Gasteiger partial charge in [-0.1, -0.05) is 6.07 Å². The van der Waals surface area contributed by atoms with Gasteiger partial charge in [-0.05, 0) is 19.1 Å². The van der Waals surface area contributed by atoms with Crippen molar-refractivity contribution in [3.8, 4) is 0 Å². The Morgan fingerprint density at radius 2 is 2.08 bits per heavy atom. The van der Waals surface area contributed by atoms with Gasteiger partial charge in [0.15, 0.2) is 5.78 Å². The van der Waals surface area contributed by atoms with E-state index in [0.29, 0.717) is 0 Å². The Morgan fingerprint density at radius 3 is 2.54 bits per heavy atom. The lowest BCUT2D eigenvalue weighted by atomic mass is 10.1. The number of benzene rings is 1. The number of nitrogen functional groups attached to an aromatic ring is 1. The van der Waals surface area contributed by atoms with Crippen LogP contribution in [0.4, 0.5) is 14.5 Å². The Labute approximate surface area is 74.4 Å². The predicted octanol–water partition coefficient (Wildman–Crippen LogP) is 2.41. The number of carbonyl (C=O) groups is 1. The summed E-state index contributed by atoms with van der Waals surface area (Å²) >= 11 is 0. The molecule has 1 aromatic rings. The Hall–Kier alpha value is -1.45. The number of anilines is 1. The molecular weight excluding hydrogens is 176 g/mol. The summed E-state index contributed by atoms with van der Waals surface area (Å²) in [5.41, 5.74) is 5.63. The zero-order valence-corrected chi connectivity index (χ0v) is 7.05. The van der Waals surface area contributed by atoms with E-state index >= 15 is 0 Å². The average Bonchev–Trinajstić information content (AvgIpc) is 2.04. The number of rotatable bonds is 2. The second-order valence-electron chi connectivity index (χ2n) is 2.70. The van der Waals surface area contributed by atoms with Crippen LogP contribution in [0, 0.1) is 0 Å². The summed E-state index contributed by atoms with van der Waals surface area (Å²) in [6, 6.07) is 3.66. The second kappa shape index (κ2) is 3.51. The van der Waals surface area contributed by atoms with Crippen molar-refractivity contribution in [2.24, 2.45) is 0 Å². The molecule has 0 atom stereocenters. The normalized spacial score (nSPS) is 10.5. The van der Waals surface area contributed by atoms with Gasteiger partial charge in [-0.15, -0.1) is 0 Å². The van der Waals surface area contributed by atoms with Crippen LogP contribution in [0.2, 0.25) is 0 Å². The molecule has 0 amide bonds. The number of nitrogens with two attached hydrogens (primary N) is 1. The van der Waals surface area contributed by atoms with Crippen molar-refractivity contribution in [2.75, 3.05) is 5.73 Å². The van der Waals surface area contributed by atoms with Crippen molar-refractivity contribution < 1.29 is 13.6 Å². The Balaban J connectivity index is 3.19. The molecule has 0 aliphatic rings. The number of Topliss-reactive ketones (excluding diaryl/α,β-unsaturated/α-hetero) is 1. The molecule has 0 heterocycles. The number of hydrogen-bond acceptors (Lipinski definition) is 2. The van der Waals surface area contributed by atoms with Crippen LogP contribution in [0.15, 0.2) is 18.2 Å². The first-order valence-electron chi connectivity index (χ1n) is 3.71. The Bertz CT molecular complexity index is 336. The summed E-state index contributed by atoms with van der Waals surface area (Å²) in [6.07, 6.45) is -2.57. The van der Waals surface area contributed by atoms with Crippen LogP contribution >= 0.6 is 0 Å². The molecule has 0 spiro atoms. The molecule has 0 radical (unpaired) electrons. The molecule has 0 aromatic heterocycles. The molecule has 4 heteroatoms. The number of halogens is 2.